The van der Waals surface area contributed by atoms with Gasteiger partial charge in [-0.05, 0) is 56.7 Å². The molecule has 1 aliphatic rings. The predicted molar refractivity (Wildman–Crippen MR) is 110 cm³/mol. The van der Waals surface area contributed by atoms with Crippen molar-refractivity contribution in [3.05, 3.63) is 59.4 Å². The van der Waals surface area contributed by atoms with Crippen molar-refractivity contribution < 1.29 is 4.79 Å². The van der Waals surface area contributed by atoms with Crippen LogP contribution >= 0.6 is 0 Å². The van der Waals surface area contributed by atoms with Crippen LogP contribution in [0, 0.1) is 6.92 Å². The minimum atomic E-state index is 0.134. The number of aromatic nitrogens is 1. The summed E-state index contributed by atoms with van der Waals surface area (Å²) in [5.74, 6) is 0.134. The Morgan fingerprint density at radius 2 is 1.70 bits per heavy atom. The molecule has 3 rings (SSSR count). The van der Waals surface area contributed by atoms with Crippen LogP contribution in [0.15, 0.2) is 42.6 Å². The van der Waals surface area contributed by atoms with Gasteiger partial charge in [0.1, 0.15) is 0 Å². The fourth-order valence-electron chi connectivity index (χ4n) is 3.59. The van der Waals surface area contributed by atoms with Crippen LogP contribution in [-0.4, -0.2) is 60.0 Å². The zero-order valence-corrected chi connectivity index (χ0v) is 16.7. The Morgan fingerprint density at radius 1 is 1.04 bits per heavy atom. The number of pyridine rings is 1. The molecule has 5 heteroatoms. The lowest BCUT2D eigenvalue weighted by Crippen LogP contribution is -2.48. The maximum Gasteiger partial charge on any atom is 0.253 e. The second-order valence-corrected chi connectivity index (χ2v) is 7.05. The van der Waals surface area contributed by atoms with E-state index in [2.05, 4.69) is 53.8 Å². The lowest BCUT2D eigenvalue weighted by atomic mass is 10.1. The van der Waals surface area contributed by atoms with Crippen molar-refractivity contribution in [2.75, 3.05) is 44.2 Å². The first-order chi connectivity index (χ1) is 13.1. The number of amides is 1. The molecule has 0 aliphatic carbocycles. The quantitative estimate of drug-likeness (QED) is 0.787. The van der Waals surface area contributed by atoms with E-state index in [1.807, 2.05) is 29.3 Å². The highest BCUT2D eigenvalue weighted by Gasteiger charge is 2.22. The number of piperazine rings is 1. The van der Waals surface area contributed by atoms with Gasteiger partial charge in [-0.1, -0.05) is 6.07 Å². The Bertz CT molecular complexity index is 747. The third-order valence-electron chi connectivity index (χ3n) is 5.39. The van der Waals surface area contributed by atoms with Crippen molar-refractivity contribution in [2.45, 2.75) is 27.3 Å². The maximum absolute atomic E-state index is 12.8. The summed E-state index contributed by atoms with van der Waals surface area (Å²) in [5.41, 5.74) is 4.31. The van der Waals surface area contributed by atoms with E-state index in [0.717, 1.165) is 57.1 Å². The summed E-state index contributed by atoms with van der Waals surface area (Å²) >= 11 is 0. The third-order valence-corrected chi connectivity index (χ3v) is 5.39. The molecule has 0 atom stereocenters. The number of carbonyl (C=O) groups excluding carboxylic acids is 1. The topological polar surface area (TPSA) is 39.7 Å². The lowest BCUT2D eigenvalue weighted by molar-refractivity contribution is 0.0627. The number of nitrogens with zero attached hydrogens (tertiary/aromatic N) is 4. The summed E-state index contributed by atoms with van der Waals surface area (Å²) in [7, 11) is 0. The molecule has 5 nitrogen and oxygen atoms in total. The van der Waals surface area contributed by atoms with Gasteiger partial charge in [-0.3, -0.25) is 14.7 Å². The zero-order chi connectivity index (χ0) is 19.2. The Labute approximate surface area is 162 Å². The highest BCUT2D eigenvalue weighted by Crippen LogP contribution is 2.17. The first kappa shape index (κ1) is 19.4. The first-order valence-electron chi connectivity index (χ1n) is 9.89. The molecule has 1 amide bonds. The number of benzene rings is 1. The van der Waals surface area contributed by atoms with Crippen LogP contribution in [0.2, 0.25) is 0 Å². The molecule has 1 aromatic heterocycles. The minimum absolute atomic E-state index is 0.134. The highest BCUT2D eigenvalue weighted by molar-refractivity contribution is 5.94. The van der Waals surface area contributed by atoms with Crippen molar-refractivity contribution in [3.8, 4) is 0 Å². The van der Waals surface area contributed by atoms with E-state index in [-0.39, 0.29) is 5.91 Å². The van der Waals surface area contributed by atoms with E-state index in [4.69, 9.17) is 0 Å². The maximum atomic E-state index is 12.8. The molecule has 1 fully saturated rings. The number of aryl methyl sites for hydroxylation is 1. The molecule has 0 bridgehead atoms. The molecule has 0 N–H and O–H groups in total. The first-order valence-corrected chi connectivity index (χ1v) is 9.89. The van der Waals surface area contributed by atoms with E-state index in [1.54, 1.807) is 0 Å². The largest absolute Gasteiger partial charge is 0.372 e. The second kappa shape index (κ2) is 9.00. The Hall–Kier alpha value is -2.40. The third kappa shape index (κ3) is 4.66. The molecular weight excluding hydrogens is 336 g/mol. The van der Waals surface area contributed by atoms with Crippen LogP contribution < -0.4 is 4.90 Å². The summed E-state index contributed by atoms with van der Waals surface area (Å²) < 4.78 is 0. The molecule has 144 valence electrons. The zero-order valence-electron chi connectivity index (χ0n) is 16.7. The van der Waals surface area contributed by atoms with Gasteiger partial charge in [-0.15, -0.1) is 0 Å². The van der Waals surface area contributed by atoms with Crippen molar-refractivity contribution in [1.82, 2.24) is 14.8 Å². The Kier molecular flexibility index (Phi) is 6.45. The lowest BCUT2D eigenvalue weighted by Gasteiger charge is -2.34. The summed E-state index contributed by atoms with van der Waals surface area (Å²) in [6.07, 6.45) is 1.85. The van der Waals surface area contributed by atoms with Gasteiger partial charge in [0, 0.05) is 63.3 Å². The van der Waals surface area contributed by atoms with Gasteiger partial charge in [0.25, 0.3) is 5.91 Å². The van der Waals surface area contributed by atoms with Gasteiger partial charge >= 0.3 is 0 Å². The molecule has 2 heterocycles. The summed E-state index contributed by atoms with van der Waals surface area (Å²) in [6.45, 7) is 12.5. The molecule has 2 aromatic rings. The minimum Gasteiger partial charge on any atom is -0.372 e. The smallest absolute Gasteiger partial charge is 0.253 e. The number of hydrogen-bond acceptors (Lipinski definition) is 4. The fraction of sp³-hybridized carbons (Fsp3) is 0.455. The van der Waals surface area contributed by atoms with Crippen LogP contribution in [0.1, 0.15) is 35.5 Å². The summed E-state index contributed by atoms with van der Waals surface area (Å²) in [6, 6.07) is 12.1. The molecular formula is C22H30N4O. The van der Waals surface area contributed by atoms with Crippen LogP contribution in [0.5, 0.6) is 0 Å². The van der Waals surface area contributed by atoms with Crippen LogP contribution in [0.4, 0.5) is 5.69 Å². The molecule has 0 saturated carbocycles. The van der Waals surface area contributed by atoms with Gasteiger partial charge in [-0.25, -0.2) is 0 Å². The van der Waals surface area contributed by atoms with E-state index >= 15 is 0 Å². The Morgan fingerprint density at radius 3 is 2.30 bits per heavy atom. The molecule has 1 saturated heterocycles. The number of hydrogen-bond donors (Lipinski definition) is 0. The van der Waals surface area contributed by atoms with Crippen molar-refractivity contribution in [2.24, 2.45) is 0 Å². The number of rotatable bonds is 6. The molecule has 0 unspecified atom stereocenters. The highest BCUT2D eigenvalue weighted by atomic mass is 16.2. The average molecular weight is 367 g/mol. The van der Waals surface area contributed by atoms with E-state index in [9.17, 15) is 4.79 Å². The van der Waals surface area contributed by atoms with Crippen molar-refractivity contribution >= 4 is 11.6 Å². The van der Waals surface area contributed by atoms with Crippen LogP contribution in [-0.2, 0) is 6.54 Å². The van der Waals surface area contributed by atoms with Crippen molar-refractivity contribution in [1.29, 1.82) is 0 Å². The fourth-order valence-corrected chi connectivity index (χ4v) is 3.59. The second-order valence-electron chi connectivity index (χ2n) is 7.05. The molecule has 0 radical (unpaired) electrons. The standard InChI is InChI=1S/C22H30N4O/c1-4-25(5-2)20-10-8-19(9-11-20)22(27)26-15-13-24(14-16-26)17-21-18(3)7-6-12-23-21/h6-12H,4-5,13-17H2,1-3H3. The average Bonchev–Trinajstić information content (AvgIpc) is 2.71. The Balaban J connectivity index is 1.56. The van der Waals surface area contributed by atoms with Gasteiger partial charge in [-0.2, -0.15) is 0 Å². The molecule has 1 aliphatic heterocycles. The van der Waals surface area contributed by atoms with Gasteiger partial charge < -0.3 is 9.80 Å². The van der Waals surface area contributed by atoms with E-state index in [1.165, 1.54) is 11.3 Å². The van der Waals surface area contributed by atoms with E-state index < -0.39 is 0 Å². The van der Waals surface area contributed by atoms with Crippen LogP contribution in [0.3, 0.4) is 0 Å². The van der Waals surface area contributed by atoms with Gasteiger partial charge in [0.05, 0.1) is 5.69 Å². The molecule has 27 heavy (non-hydrogen) atoms. The SMILES string of the molecule is CCN(CC)c1ccc(C(=O)N2CCN(Cc3ncccc3C)CC2)cc1. The normalized spacial score (nSPS) is 15.0. The molecule has 1 aromatic carbocycles. The number of anilines is 1. The molecule has 0 spiro atoms. The monoisotopic (exact) mass is 366 g/mol. The van der Waals surface area contributed by atoms with E-state index in [0.29, 0.717) is 0 Å². The summed E-state index contributed by atoms with van der Waals surface area (Å²) in [5, 5.41) is 0. The van der Waals surface area contributed by atoms with Gasteiger partial charge in [0.2, 0.25) is 0 Å². The predicted octanol–water partition coefficient (Wildman–Crippen LogP) is 3.19. The van der Waals surface area contributed by atoms with Crippen molar-refractivity contribution in [3.63, 3.8) is 0 Å². The summed E-state index contributed by atoms with van der Waals surface area (Å²) in [4.78, 5) is 23.9. The van der Waals surface area contributed by atoms with Gasteiger partial charge in [0.15, 0.2) is 0 Å². The van der Waals surface area contributed by atoms with Crippen LogP contribution in [0.25, 0.3) is 0 Å². The number of carbonyl (C=O) groups is 1.